The summed E-state index contributed by atoms with van der Waals surface area (Å²) in [5.74, 6) is 35.4. The van der Waals surface area contributed by atoms with Gasteiger partial charge < -0.3 is 34.1 Å². The maximum atomic E-state index is 13.4. The summed E-state index contributed by atoms with van der Waals surface area (Å²) in [6, 6.07) is 69.2. The molecule has 118 heavy (non-hydrogen) atoms. The third kappa shape index (κ3) is 17.3. The summed E-state index contributed by atoms with van der Waals surface area (Å²) in [5.41, 5.74) is 22.1. The molecule has 6 heterocycles. The topological polar surface area (TPSA) is 131 Å². The highest BCUT2D eigenvalue weighted by atomic mass is 19.1. The summed E-state index contributed by atoms with van der Waals surface area (Å²) in [5, 5.41) is 0. The molecule has 576 valence electrons. The summed E-state index contributed by atoms with van der Waals surface area (Å²) < 4.78 is 45.2. The minimum atomic E-state index is -0.434. The molecule has 0 aliphatic carbocycles. The number of benzene rings is 12. The van der Waals surface area contributed by atoms with E-state index >= 15 is 0 Å². The number of aryl methyl sites for hydroxylation is 5. The van der Waals surface area contributed by atoms with E-state index < -0.39 is 11.6 Å². The number of rotatable bonds is 1. The van der Waals surface area contributed by atoms with Crippen LogP contribution in [0.4, 0.5) is 47.3 Å². The number of methoxy groups -OCH3 is 1. The number of carbonyl (C=O) groups is 6. The smallest absolute Gasteiger partial charge is 0.259 e. The first-order valence-electron chi connectivity index (χ1n) is 37.4. The summed E-state index contributed by atoms with van der Waals surface area (Å²) in [4.78, 5) is 84.7. The molecule has 6 aliphatic heterocycles. The van der Waals surface area contributed by atoms with Crippen LogP contribution in [0.1, 0.15) is 157 Å². The lowest BCUT2D eigenvalue weighted by Gasteiger charge is -2.23. The number of amides is 6. The molecular formula is C102H75F3N6O7. The average molecular weight is 1550 g/mol. The van der Waals surface area contributed by atoms with Crippen molar-refractivity contribution in [2.45, 2.75) is 34.6 Å². The van der Waals surface area contributed by atoms with Gasteiger partial charge in [-0.15, -0.1) is 0 Å². The minimum Gasteiger partial charge on any atom is -0.497 e. The van der Waals surface area contributed by atoms with Crippen molar-refractivity contribution in [2.75, 3.05) is 78.8 Å². The Bertz CT molecular complexity index is 6500. The number of ether oxygens (including phenoxy) is 1. The molecule has 12 aromatic carbocycles. The van der Waals surface area contributed by atoms with Gasteiger partial charge in [-0.25, -0.2) is 13.2 Å². The van der Waals surface area contributed by atoms with Gasteiger partial charge in [-0.3, -0.25) is 28.8 Å². The molecule has 0 aromatic heterocycles. The second-order valence-corrected chi connectivity index (χ2v) is 28.3. The summed E-state index contributed by atoms with van der Waals surface area (Å²) in [6.45, 7) is 10.1. The van der Waals surface area contributed by atoms with E-state index in [1.165, 1.54) is 57.2 Å². The maximum Gasteiger partial charge on any atom is 0.259 e. The Morgan fingerprint density at radius 1 is 0.237 bits per heavy atom. The minimum absolute atomic E-state index is 0.00903. The van der Waals surface area contributed by atoms with Crippen LogP contribution in [-0.4, -0.2) is 84.8 Å². The van der Waals surface area contributed by atoms with Crippen LogP contribution in [0.2, 0.25) is 0 Å². The lowest BCUT2D eigenvalue weighted by Crippen LogP contribution is -2.28. The largest absolute Gasteiger partial charge is 0.497 e. The van der Waals surface area contributed by atoms with E-state index in [4.69, 9.17) is 4.74 Å². The second kappa shape index (κ2) is 34.8. The lowest BCUT2D eigenvalue weighted by atomic mass is 9.97. The zero-order valence-corrected chi connectivity index (χ0v) is 66.7. The Hall–Kier alpha value is -15.6. The van der Waals surface area contributed by atoms with Crippen LogP contribution < -0.4 is 34.1 Å². The van der Waals surface area contributed by atoms with Crippen LogP contribution in [0.5, 0.6) is 5.75 Å². The van der Waals surface area contributed by atoms with Crippen LogP contribution >= 0.6 is 0 Å². The Balaban J connectivity index is 0.000000123. The molecule has 0 spiro atoms. The van der Waals surface area contributed by atoms with E-state index in [0.29, 0.717) is 67.1 Å². The SMILES string of the molecule is CN1C(=O)c2cc(F)ccc2C#Cc2ccccc21.CN1C(=O)c2ccccc2C#Cc2ccc(F)cc21.COc1ccc2c(c1)C(=O)N(C)c1ccccc1C#C2.Cc1ccc2c(c1)C#Cc1c(C)cc(C)cc1N(C)C2=O.Cc1ccc2c(c1)N(C)C(=O)c1cc(F)ccc1C#C2.Cc1ccc2c(c1)N(C)C(=O)c1ccccc1C#C2. The van der Waals surface area contributed by atoms with Crippen molar-refractivity contribution in [3.05, 3.63) is 382 Å². The zero-order chi connectivity index (χ0) is 83.8. The number of para-hydroxylation sites is 2. The lowest BCUT2D eigenvalue weighted by molar-refractivity contribution is 0.0984. The molecule has 0 unspecified atom stereocenters. The molecule has 0 radical (unpaired) electrons. The van der Waals surface area contributed by atoms with Crippen molar-refractivity contribution in [1.29, 1.82) is 0 Å². The predicted octanol–water partition coefficient (Wildman–Crippen LogP) is 18.0. The van der Waals surface area contributed by atoms with Crippen LogP contribution in [0.15, 0.2) is 237 Å². The number of nitrogens with zero attached hydrogens (tertiary/aromatic N) is 6. The fourth-order valence-electron chi connectivity index (χ4n) is 13.6. The van der Waals surface area contributed by atoms with E-state index in [2.05, 4.69) is 77.1 Å². The highest BCUT2D eigenvalue weighted by molar-refractivity contribution is 6.13. The molecule has 18 rings (SSSR count). The molecule has 16 heteroatoms. The third-order valence-corrected chi connectivity index (χ3v) is 20.1. The van der Waals surface area contributed by atoms with Gasteiger partial charge in [0.2, 0.25) is 0 Å². The van der Waals surface area contributed by atoms with E-state index in [1.54, 1.807) is 87.4 Å². The monoisotopic (exact) mass is 1550 g/mol. The van der Waals surface area contributed by atoms with Crippen LogP contribution in [-0.2, 0) is 0 Å². The van der Waals surface area contributed by atoms with Gasteiger partial charge in [0.1, 0.15) is 23.2 Å². The summed E-state index contributed by atoms with van der Waals surface area (Å²) in [6.07, 6.45) is 0. The van der Waals surface area contributed by atoms with E-state index in [1.807, 2.05) is 199 Å². The molecule has 0 saturated heterocycles. The van der Waals surface area contributed by atoms with Crippen LogP contribution in [0.3, 0.4) is 0 Å². The first-order chi connectivity index (χ1) is 56.7. The highest BCUT2D eigenvalue weighted by Gasteiger charge is 2.28. The summed E-state index contributed by atoms with van der Waals surface area (Å²) >= 11 is 0. The van der Waals surface area contributed by atoms with Crippen molar-refractivity contribution < 1.29 is 46.7 Å². The highest BCUT2D eigenvalue weighted by Crippen LogP contribution is 2.33. The van der Waals surface area contributed by atoms with Crippen molar-refractivity contribution >= 4 is 69.6 Å². The van der Waals surface area contributed by atoms with Gasteiger partial charge in [0.05, 0.1) is 80.2 Å². The van der Waals surface area contributed by atoms with Gasteiger partial charge in [-0.1, -0.05) is 144 Å². The van der Waals surface area contributed by atoms with Gasteiger partial charge in [0.25, 0.3) is 35.4 Å². The van der Waals surface area contributed by atoms with Gasteiger partial charge >= 0.3 is 0 Å². The third-order valence-electron chi connectivity index (χ3n) is 20.1. The fourth-order valence-corrected chi connectivity index (χ4v) is 13.6. The van der Waals surface area contributed by atoms with Crippen molar-refractivity contribution in [3.8, 4) is 76.8 Å². The number of anilines is 6. The molecule has 0 N–H and O–H groups in total. The van der Waals surface area contributed by atoms with Crippen molar-refractivity contribution in [1.82, 2.24) is 0 Å². The Kier molecular flexibility index (Phi) is 23.7. The number of hydrogen-bond acceptors (Lipinski definition) is 7. The van der Waals surface area contributed by atoms with Gasteiger partial charge in [-0.05, 0) is 226 Å². The Morgan fingerprint density at radius 3 is 0.975 bits per heavy atom. The quantitative estimate of drug-likeness (QED) is 0.150. The molecule has 0 fully saturated rings. The van der Waals surface area contributed by atoms with Crippen molar-refractivity contribution in [2.24, 2.45) is 0 Å². The number of hydrogen-bond donors (Lipinski definition) is 0. The molecule has 13 nitrogen and oxygen atoms in total. The van der Waals surface area contributed by atoms with E-state index in [-0.39, 0.29) is 41.3 Å². The maximum absolute atomic E-state index is 13.4. The molecule has 12 aromatic rings. The first-order valence-corrected chi connectivity index (χ1v) is 37.4. The normalized spacial score (nSPS) is 12.7. The van der Waals surface area contributed by atoms with Gasteiger partial charge in [0.15, 0.2) is 0 Å². The molecule has 0 atom stereocenters. The van der Waals surface area contributed by atoms with Gasteiger partial charge in [0, 0.05) is 103 Å². The molecule has 0 bridgehead atoms. The van der Waals surface area contributed by atoms with Crippen LogP contribution in [0.25, 0.3) is 0 Å². The number of halogens is 3. The number of carbonyl (C=O) groups excluding carboxylic acids is 6. The summed E-state index contributed by atoms with van der Waals surface area (Å²) in [7, 11) is 11.9. The second-order valence-electron chi connectivity index (χ2n) is 28.3. The molecular weight excluding hydrogens is 1480 g/mol. The Morgan fingerprint density at radius 2 is 0.525 bits per heavy atom. The average Bonchev–Trinajstić information content (AvgIpc) is 0.804. The Labute approximate surface area is 684 Å². The van der Waals surface area contributed by atoms with Crippen LogP contribution in [0, 0.1) is 123 Å². The molecule has 6 amide bonds. The van der Waals surface area contributed by atoms with E-state index in [0.717, 1.165) is 101 Å². The first kappa shape index (κ1) is 80.5. The van der Waals surface area contributed by atoms with Crippen molar-refractivity contribution in [3.63, 3.8) is 0 Å². The van der Waals surface area contributed by atoms with Gasteiger partial charge in [-0.2, -0.15) is 0 Å². The standard InChI is InChI=1S/C19H17NO.C17H12FNO.C17H13NO2.C17H13NO.2C16H10FNO/c1-12-5-7-17-15(10-12)6-8-16-14(3)9-13(2)11-18(16)20(4)19(17)21;1-11-3-4-13-6-5-12-7-8-14(18)10-15(12)17(20)19(2)16(13)9-11;1-18-16-6-4-3-5-13(16)8-7-12-9-10-14(20-2)11-15(12)17(18)19;1-12-7-8-14-10-9-13-5-3-4-6-15(13)17(19)18(2)16(14)11-12;1-18-15-5-3-2-4-12(15)7-6-11-8-9-13(17)10-14(11)16(18)19;1-18-15-10-13(17)9-8-12(15)7-6-11-4-2-3-5-14(11)16(18)19/h5,7,9-11H,1-4H3;3-4,7-10H,1-2H3;3-6,9-11H,1-2H3;3-8,11H,1-2H3;2*2-5,8-10H,1H3. The zero-order valence-electron chi connectivity index (χ0n) is 66.7. The fraction of sp³-hybridized carbons (Fsp3) is 0.118. The molecule has 6 aliphatic rings. The van der Waals surface area contributed by atoms with E-state index in [9.17, 15) is 41.9 Å². The predicted molar refractivity (Wildman–Crippen MR) is 460 cm³/mol. The number of fused-ring (bicyclic) bond motifs is 12. The molecule has 0 saturated carbocycles.